The summed E-state index contributed by atoms with van der Waals surface area (Å²) in [5.41, 5.74) is 4.74. The van der Waals surface area contributed by atoms with E-state index in [1.165, 1.54) is 21.4 Å². The second-order valence-corrected chi connectivity index (χ2v) is 7.59. The summed E-state index contributed by atoms with van der Waals surface area (Å²) >= 11 is 5.94. The molecule has 1 aliphatic rings. The van der Waals surface area contributed by atoms with Gasteiger partial charge in [-0.2, -0.15) is 0 Å². The van der Waals surface area contributed by atoms with Crippen molar-refractivity contribution in [3.8, 4) is 0 Å². The summed E-state index contributed by atoms with van der Waals surface area (Å²) in [5, 5.41) is 0.488. The van der Waals surface area contributed by atoms with Crippen LogP contribution in [0.4, 0.5) is 5.69 Å². The average molecular weight is 400 g/mol. The third-order valence-electron chi connectivity index (χ3n) is 5.47. The van der Waals surface area contributed by atoms with E-state index in [-0.39, 0.29) is 12.5 Å². The number of anilines is 1. The highest BCUT2D eigenvalue weighted by Crippen LogP contribution is 2.24. The predicted octanol–water partition coefficient (Wildman–Crippen LogP) is 3.21. The SMILES string of the molecule is Cc1cccc(N2CCN(C(=O)Cn3c(=O)oc4cc(Cl)ccc43)CC2)c1C. The molecule has 6 nitrogen and oxygen atoms in total. The maximum Gasteiger partial charge on any atom is 0.420 e. The molecule has 0 unspecified atom stereocenters. The standard InChI is InChI=1S/C21H22ClN3O3/c1-14-4-3-5-17(15(14)2)23-8-10-24(11-9-23)20(26)13-25-18-7-6-16(22)12-19(18)28-21(25)27/h3-7,12H,8-11,13H2,1-2H3. The number of carbonyl (C=O) groups excluding carboxylic acids is 1. The lowest BCUT2D eigenvalue weighted by atomic mass is 10.1. The van der Waals surface area contributed by atoms with Crippen LogP contribution in [-0.4, -0.2) is 41.6 Å². The minimum atomic E-state index is -0.542. The van der Waals surface area contributed by atoms with Gasteiger partial charge in [-0.15, -0.1) is 0 Å². The molecule has 1 saturated heterocycles. The van der Waals surface area contributed by atoms with Gasteiger partial charge in [0, 0.05) is 43.0 Å². The van der Waals surface area contributed by atoms with Crippen molar-refractivity contribution in [3.63, 3.8) is 0 Å². The zero-order valence-corrected chi connectivity index (χ0v) is 16.7. The lowest BCUT2D eigenvalue weighted by Gasteiger charge is -2.37. The van der Waals surface area contributed by atoms with Crippen molar-refractivity contribution in [1.29, 1.82) is 0 Å². The van der Waals surface area contributed by atoms with Crippen LogP contribution in [-0.2, 0) is 11.3 Å². The molecule has 1 aliphatic heterocycles. The second-order valence-electron chi connectivity index (χ2n) is 7.15. The van der Waals surface area contributed by atoms with Crippen molar-refractivity contribution in [2.75, 3.05) is 31.1 Å². The smallest absolute Gasteiger partial charge is 0.408 e. The molecule has 0 aliphatic carbocycles. The largest absolute Gasteiger partial charge is 0.420 e. The van der Waals surface area contributed by atoms with Crippen LogP contribution in [0.1, 0.15) is 11.1 Å². The van der Waals surface area contributed by atoms with Crippen LogP contribution < -0.4 is 10.7 Å². The minimum Gasteiger partial charge on any atom is -0.408 e. The van der Waals surface area contributed by atoms with Crippen molar-refractivity contribution in [2.45, 2.75) is 20.4 Å². The highest BCUT2D eigenvalue weighted by Gasteiger charge is 2.24. The van der Waals surface area contributed by atoms with E-state index >= 15 is 0 Å². The van der Waals surface area contributed by atoms with Gasteiger partial charge < -0.3 is 14.2 Å². The molecule has 0 N–H and O–H groups in total. The molecule has 1 amide bonds. The molecule has 0 bridgehead atoms. The number of halogens is 1. The first kappa shape index (κ1) is 18.6. The van der Waals surface area contributed by atoms with E-state index in [0.717, 1.165) is 13.1 Å². The van der Waals surface area contributed by atoms with Gasteiger partial charge in [-0.05, 0) is 43.2 Å². The fraction of sp³-hybridized carbons (Fsp3) is 0.333. The Hall–Kier alpha value is -2.73. The first-order chi connectivity index (χ1) is 13.4. The number of aromatic nitrogens is 1. The number of hydrogen-bond donors (Lipinski definition) is 0. The van der Waals surface area contributed by atoms with Crippen LogP contribution in [0.3, 0.4) is 0 Å². The van der Waals surface area contributed by atoms with Crippen LogP contribution >= 0.6 is 11.6 Å². The van der Waals surface area contributed by atoms with Crippen LogP contribution in [0.5, 0.6) is 0 Å². The Morgan fingerprint density at radius 1 is 1.11 bits per heavy atom. The Morgan fingerprint density at radius 3 is 2.61 bits per heavy atom. The minimum absolute atomic E-state index is 0.0308. The molecule has 2 aromatic carbocycles. The highest BCUT2D eigenvalue weighted by atomic mass is 35.5. The average Bonchev–Trinajstić information content (AvgIpc) is 2.98. The first-order valence-electron chi connectivity index (χ1n) is 9.32. The lowest BCUT2D eigenvalue weighted by Crippen LogP contribution is -2.50. The molecule has 0 radical (unpaired) electrons. The third kappa shape index (κ3) is 3.40. The predicted molar refractivity (Wildman–Crippen MR) is 110 cm³/mol. The zero-order valence-electron chi connectivity index (χ0n) is 15.9. The van der Waals surface area contributed by atoms with Crippen molar-refractivity contribution < 1.29 is 9.21 Å². The highest BCUT2D eigenvalue weighted by molar-refractivity contribution is 6.31. The van der Waals surface area contributed by atoms with E-state index in [0.29, 0.717) is 29.2 Å². The first-order valence-corrected chi connectivity index (χ1v) is 9.69. The van der Waals surface area contributed by atoms with Crippen molar-refractivity contribution in [2.24, 2.45) is 0 Å². The summed E-state index contributed by atoms with van der Waals surface area (Å²) in [6.45, 7) is 7.01. The number of hydrogen-bond acceptors (Lipinski definition) is 4. The zero-order chi connectivity index (χ0) is 19.8. The van der Waals surface area contributed by atoms with Gasteiger partial charge in [0.1, 0.15) is 6.54 Å². The molecule has 0 saturated carbocycles. The Kier molecular flexibility index (Phi) is 4.89. The molecule has 1 fully saturated rings. The monoisotopic (exact) mass is 399 g/mol. The van der Waals surface area contributed by atoms with Gasteiger partial charge in [0.25, 0.3) is 0 Å². The number of piperazine rings is 1. The molecule has 7 heteroatoms. The summed E-state index contributed by atoms with van der Waals surface area (Å²) in [5.74, 6) is -0.625. The van der Waals surface area contributed by atoms with E-state index < -0.39 is 5.76 Å². The number of carbonyl (C=O) groups is 1. The molecule has 28 heavy (non-hydrogen) atoms. The van der Waals surface area contributed by atoms with Gasteiger partial charge in [-0.3, -0.25) is 9.36 Å². The number of aryl methyl sites for hydroxylation is 1. The molecule has 3 aromatic rings. The van der Waals surface area contributed by atoms with Gasteiger partial charge in [0.15, 0.2) is 5.58 Å². The topological polar surface area (TPSA) is 58.7 Å². The quantitative estimate of drug-likeness (QED) is 0.678. The summed E-state index contributed by atoms with van der Waals surface area (Å²) < 4.78 is 6.58. The van der Waals surface area contributed by atoms with Crippen molar-refractivity contribution in [3.05, 3.63) is 63.1 Å². The van der Waals surface area contributed by atoms with Gasteiger partial charge in [0.05, 0.1) is 5.52 Å². The maximum atomic E-state index is 12.8. The molecule has 2 heterocycles. The van der Waals surface area contributed by atoms with Gasteiger partial charge in [-0.25, -0.2) is 4.79 Å². The summed E-state index contributed by atoms with van der Waals surface area (Å²) in [4.78, 5) is 29.0. The molecule has 146 valence electrons. The fourth-order valence-corrected chi connectivity index (χ4v) is 3.86. The van der Waals surface area contributed by atoms with E-state index in [4.69, 9.17) is 16.0 Å². The summed E-state index contributed by atoms with van der Waals surface area (Å²) in [6.07, 6.45) is 0. The Labute approximate surface area is 167 Å². The Bertz CT molecular complexity index is 1090. The number of benzene rings is 2. The fourth-order valence-electron chi connectivity index (χ4n) is 3.70. The summed E-state index contributed by atoms with van der Waals surface area (Å²) in [6, 6.07) is 11.3. The molecule has 0 spiro atoms. The number of rotatable bonds is 3. The van der Waals surface area contributed by atoms with Crippen LogP contribution in [0.2, 0.25) is 5.02 Å². The van der Waals surface area contributed by atoms with Crippen LogP contribution in [0.15, 0.2) is 45.6 Å². The van der Waals surface area contributed by atoms with Gasteiger partial charge >= 0.3 is 5.76 Å². The molecule has 0 atom stereocenters. The van der Waals surface area contributed by atoms with Gasteiger partial charge in [0.2, 0.25) is 5.91 Å². The number of oxazole rings is 1. The summed E-state index contributed by atoms with van der Waals surface area (Å²) in [7, 11) is 0. The van der Waals surface area contributed by atoms with E-state index in [1.54, 1.807) is 18.2 Å². The molecular formula is C21H22ClN3O3. The number of amides is 1. The number of fused-ring (bicyclic) bond motifs is 1. The Morgan fingerprint density at radius 2 is 1.86 bits per heavy atom. The third-order valence-corrected chi connectivity index (χ3v) is 5.71. The van der Waals surface area contributed by atoms with Crippen molar-refractivity contribution in [1.82, 2.24) is 9.47 Å². The van der Waals surface area contributed by atoms with E-state index in [1.807, 2.05) is 4.90 Å². The lowest BCUT2D eigenvalue weighted by molar-refractivity contribution is -0.132. The van der Waals surface area contributed by atoms with Crippen LogP contribution in [0.25, 0.3) is 11.1 Å². The molecule has 1 aromatic heterocycles. The Balaban J connectivity index is 1.46. The number of nitrogens with zero attached hydrogens (tertiary/aromatic N) is 3. The van der Waals surface area contributed by atoms with Gasteiger partial charge in [-0.1, -0.05) is 23.7 Å². The maximum absolute atomic E-state index is 12.8. The molecular weight excluding hydrogens is 378 g/mol. The second kappa shape index (κ2) is 7.36. The van der Waals surface area contributed by atoms with E-state index in [9.17, 15) is 9.59 Å². The van der Waals surface area contributed by atoms with Crippen molar-refractivity contribution >= 4 is 34.3 Å². The molecule has 4 rings (SSSR count). The van der Waals surface area contributed by atoms with Crippen LogP contribution in [0, 0.1) is 13.8 Å². The van der Waals surface area contributed by atoms with E-state index in [2.05, 4.69) is 36.9 Å². The normalized spacial score (nSPS) is 14.7.